The van der Waals surface area contributed by atoms with Crippen molar-refractivity contribution in [1.29, 1.82) is 0 Å². The molecule has 1 aromatic heterocycles. The topological polar surface area (TPSA) is 54.5 Å². The van der Waals surface area contributed by atoms with E-state index in [1.165, 1.54) is 7.11 Å². The lowest BCUT2D eigenvalue weighted by atomic mass is 10.1. The summed E-state index contributed by atoms with van der Waals surface area (Å²) in [6, 6.07) is 5.11. The zero-order valence-corrected chi connectivity index (χ0v) is 11.8. The first-order valence-corrected chi connectivity index (χ1v) is 6.22. The van der Waals surface area contributed by atoms with Gasteiger partial charge in [-0.25, -0.2) is 4.84 Å². The highest BCUT2D eigenvalue weighted by molar-refractivity contribution is 6.31. The molecule has 0 bridgehead atoms. The summed E-state index contributed by atoms with van der Waals surface area (Å²) in [4.78, 5) is 16.7. The maximum atomic E-state index is 11.7. The molecule has 0 aliphatic carbocycles. The lowest BCUT2D eigenvalue weighted by Gasteiger charge is -2.18. The molecule has 1 aromatic carbocycles. The third-order valence-corrected chi connectivity index (χ3v) is 2.97. The van der Waals surface area contributed by atoms with Gasteiger partial charge < -0.3 is 9.67 Å². The molecule has 0 amide bonds. The van der Waals surface area contributed by atoms with Crippen molar-refractivity contribution in [1.82, 2.24) is 4.57 Å². The molecule has 0 spiro atoms. The van der Waals surface area contributed by atoms with Gasteiger partial charge in [0.2, 0.25) is 0 Å². The van der Waals surface area contributed by atoms with Gasteiger partial charge in [0.1, 0.15) is 0 Å². The summed E-state index contributed by atoms with van der Waals surface area (Å²) < 4.78 is 1.86. The van der Waals surface area contributed by atoms with E-state index in [9.17, 15) is 10.0 Å². The number of rotatable bonds is 4. The van der Waals surface area contributed by atoms with E-state index in [2.05, 4.69) is 4.84 Å². The molecule has 2 aromatic rings. The summed E-state index contributed by atoms with van der Waals surface area (Å²) in [5.74, 6) is 0. The third kappa shape index (κ3) is 2.88. The van der Waals surface area contributed by atoms with E-state index in [4.69, 9.17) is 11.6 Å². The standard InChI is InChI=1S/C13H16ClN2O3/c1-13(2,17)8-15-5-4-10-11(15)6-9(14)7-12(10)16(18)19-3/h4-7,17H,8H2,1-3H3/q+1. The number of nitrogens with zero attached hydrogens (tertiary/aromatic N) is 2. The second-order valence-corrected chi connectivity index (χ2v) is 5.49. The van der Waals surface area contributed by atoms with Crippen molar-refractivity contribution in [3.05, 3.63) is 34.3 Å². The van der Waals surface area contributed by atoms with Crippen molar-refractivity contribution < 1.29 is 14.9 Å². The summed E-state index contributed by atoms with van der Waals surface area (Å²) in [6.07, 6.45) is 1.81. The average molecular weight is 284 g/mol. The fraction of sp³-hybridized carbons (Fsp3) is 0.385. The minimum absolute atomic E-state index is 0.347. The SMILES string of the molecule is CO[N+](=O)c1cc(Cl)cc2c1ccn2CC(C)(C)O. The molecular weight excluding hydrogens is 268 g/mol. The van der Waals surface area contributed by atoms with Crippen molar-refractivity contribution in [3.8, 4) is 0 Å². The number of hydrogen-bond donors (Lipinski definition) is 1. The Labute approximate surface area is 115 Å². The van der Waals surface area contributed by atoms with Crippen molar-refractivity contribution in [2.45, 2.75) is 26.0 Å². The Morgan fingerprint density at radius 1 is 1.47 bits per heavy atom. The Hall–Kier alpha value is -1.59. The van der Waals surface area contributed by atoms with Gasteiger partial charge in [-0.05, 0) is 26.0 Å². The maximum absolute atomic E-state index is 11.7. The van der Waals surface area contributed by atoms with Gasteiger partial charge >= 0.3 is 5.69 Å². The van der Waals surface area contributed by atoms with E-state index in [-0.39, 0.29) is 0 Å². The molecule has 5 nitrogen and oxygen atoms in total. The van der Waals surface area contributed by atoms with E-state index in [0.717, 1.165) is 10.9 Å². The van der Waals surface area contributed by atoms with Crippen LogP contribution in [0.1, 0.15) is 13.8 Å². The van der Waals surface area contributed by atoms with Crippen LogP contribution in [0.2, 0.25) is 5.02 Å². The Balaban J connectivity index is 2.60. The van der Waals surface area contributed by atoms with Crippen LogP contribution >= 0.6 is 11.6 Å². The monoisotopic (exact) mass is 283 g/mol. The average Bonchev–Trinajstić information content (AvgIpc) is 2.68. The van der Waals surface area contributed by atoms with Gasteiger partial charge in [0, 0.05) is 17.3 Å². The van der Waals surface area contributed by atoms with E-state index in [1.807, 2.05) is 10.8 Å². The first kappa shape index (κ1) is 13.8. The molecule has 0 radical (unpaired) electrons. The molecule has 2 rings (SSSR count). The van der Waals surface area contributed by atoms with Crippen LogP contribution in [0, 0.1) is 4.91 Å². The van der Waals surface area contributed by atoms with Crippen LogP contribution in [-0.2, 0) is 11.4 Å². The molecule has 0 atom stereocenters. The van der Waals surface area contributed by atoms with Crippen LogP contribution < -0.4 is 0 Å². The molecule has 6 heteroatoms. The number of aliphatic hydroxyl groups is 1. The van der Waals surface area contributed by atoms with Gasteiger partial charge in [0.05, 0.1) is 28.0 Å². The number of fused-ring (bicyclic) bond motifs is 1. The molecule has 102 valence electrons. The molecule has 0 unspecified atom stereocenters. The minimum atomic E-state index is -0.854. The fourth-order valence-corrected chi connectivity index (χ4v) is 2.25. The highest BCUT2D eigenvalue weighted by Crippen LogP contribution is 2.31. The lowest BCUT2D eigenvalue weighted by molar-refractivity contribution is -0.735. The van der Waals surface area contributed by atoms with Crippen LogP contribution in [0.4, 0.5) is 5.69 Å². The number of halogens is 1. The second kappa shape index (κ2) is 4.83. The fourth-order valence-electron chi connectivity index (χ4n) is 2.05. The largest absolute Gasteiger partial charge is 0.389 e. The first-order chi connectivity index (χ1) is 8.81. The van der Waals surface area contributed by atoms with Crippen molar-refractivity contribution in [3.63, 3.8) is 0 Å². The summed E-state index contributed by atoms with van der Waals surface area (Å²) >= 11 is 6.03. The van der Waals surface area contributed by atoms with E-state index >= 15 is 0 Å². The zero-order valence-electron chi connectivity index (χ0n) is 11.1. The maximum Gasteiger partial charge on any atom is 0.327 e. The Morgan fingerprint density at radius 3 is 2.74 bits per heavy atom. The highest BCUT2D eigenvalue weighted by atomic mass is 35.5. The number of hydrogen-bond acceptors (Lipinski definition) is 3. The van der Waals surface area contributed by atoms with Crippen LogP contribution in [-0.4, -0.2) is 27.3 Å². The number of benzene rings is 1. The van der Waals surface area contributed by atoms with Crippen LogP contribution in [0.25, 0.3) is 10.9 Å². The zero-order chi connectivity index (χ0) is 14.2. The van der Waals surface area contributed by atoms with Crippen molar-refractivity contribution in [2.24, 2.45) is 0 Å². The predicted octanol–water partition coefficient (Wildman–Crippen LogP) is 3.04. The summed E-state index contributed by atoms with van der Waals surface area (Å²) in [7, 11) is 1.30. The Morgan fingerprint density at radius 2 is 2.16 bits per heavy atom. The Kier molecular flexibility index (Phi) is 3.52. The molecule has 19 heavy (non-hydrogen) atoms. The molecule has 1 heterocycles. The predicted molar refractivity (Wildman–Crippen MR) is 73.5 cm³/mol. The van der Waals surface area contributed by atoms with Crippen LogP contribution in [0.15, 0.2) is 24.4 Å². The molecule has 0 saturated heterocycles. The third-order valence-electron chi connectivity index (χ3n) is 2.75. The summed E-state index contributed by atoms with van der Waals surface area (Å²) in [5, 5.41) is 11.1. The van der Waals surface area contributed by atoms with Gasteiger partial charge in [0.25, 0.3) is 4.92 Å². The van der Waals surface area contributed by atoms with Gasteiger partial charge in [-0.1, -0.05) is 11.6 Å². The molecule has 0 aliphatic rings. The molecule has 0 fully saturated rings. The van der Waals surface area contributed by atoms with E-state index in [0.29, 0.717) is 22.2 Å². The number of aromatic nitrogens is 1. The minimum Gasteiger partial charge on any atom is -0.389 e. The first-order valence-electron chi connectivity index (χ1n) is 5.84. The molecule has 0 saturated carbocycles. The van der Waals surface area contributed by atoms with Crippen LogP contribution in [0.3, 0.4) is 0 Å². The highest BCUT2D eigenvalue weighted by Gasteiger charge is 2.23. The van der Waals surface area contributed by atoms with Gasteiger partial charge in [0.15, 0.2) is 7.11 Å². The van der Waals surface area contributed by atoms with Crippen LogP contribution in [0.5, 0.6) is 0 Å². The molecular formula is C13H16ClN2O3+. The Bertz CT molecular complexity index is 629. The van der Waals surface area contributed by atoms with Gasteiger partial charge in [-0.3, -0.25) is 0 Å². The smallest absolute Gasteiger partial charge is 0.327 e. The lowest BCUT2D eigenvalue weighted by Crippen LogP contribution is -2.25. The van der Waals surface area contributed by atoms with Gasteiger partial charge in [-0.15, -0.1) is 0 Å². The molecule has 0 aliphatic heterocycles. The van der Waals surface area contributed by atoms with E-state index in [1.54, 1.807) is 32.0 Å². The van der Waals surface area contributed by atoms with Crippen molar-refractivity contribution in [2.75, 3.05) is 7.11 Å². The van der Waals surface area contributed by atoms with Crippen molar-refractivity contribution >= 4 is 28.2 Å². The quantitative estimate of drug-likeness (QED) is 0.878. The summed E-state index contributed by atoms with van der Waals surface area (Å²) in [6.45, 7) is 3.85. The molecule has 1 N–H and O–H groups in total. The van der Waals surface area contributed by atoms with E-state index < -0.39 is 5.60 Å². The summed E-state index contributed by atoms with van der Waals surface area (Å²) in [5.41, 5.74) is 0.273. The second-order valence-electron chi connectivity index (χ2n) is 5.05. The van der Waals surface area contributed by atoms with Gasteiger partial charge in [-0.2, -0.15) is 0 Å². The normalized spacial score (nSPS) is 11.8.